The van der Waals surface area contributed by atoms with Crippen molar-refractivity contribution in [2.24, 2.45) is 0 Å². The second-order valence-corrected chi connectivity index (χ2v) is 26.2. The van der Waals surface area contributed by atoms with E-state index < -0.39 is 5.41 Å². The van der Waals surface area contributed by atoms with E-state index in [2.05, 4.69) is 330 Å². The Balaban J connectivity index is 0.775. The molecular weight excluding hydrogens is 1230 g/mol. The zero-order chi connectivity index (χ0) is 67.1. The van der Waals surface area contributed by atoms with Crippen LogP contribution in [-0.2, 0) is 5.41 Å². The SMILES string of the molecule is C=C(/C=C\C=C/C)n1c2ccccc2c2cc(-c3ccc4c(c3)c3cc(-c5ccccc5)ccc3n4-c3ccc4c(c3)C(c3ccccc3)(c3ccccc3)c3cc(-n5c6ccccc6c6c(-c7cccc(-c8nc(-c9ccccc9)nc(-c9ccccc9)n8)c7)cccc65)ccc3-4)ccc21. The molecule has 0 N–H and O–H groups in total. The van der Waals surface area contributed by atoms with Crippen LogP contribution >= 0.6 is 0 Å². The highest BCUT2D eigenvalue weighted by Gasteiger charge is 2.47. The minimum absolute atomic E-state index is 0.616. The van der Waals surface area contributed by atoms with Crippen LogP contribution < -0.4 is 0 Å². The molecule has 18 aromatic rings. The molecule has 14 aromatic carbocycles. The first-order valence-corrected chi connectivity index (χ1v) is 34.5. The highest BCUT2D eigenvalue weighted by Crippen LogP contribution is 2.58. The largest absolute Gasteiger partial charge is 0.310 e. The first kappa shape index (κ1) is 59.0. The van der Waals surface area contributed by atoms with E-state index in [9.17, 15) is 0 Å². The van der Waals surface area contributed by atoms with Crippen molar-refractivity contribution in [2.75, 3.05) is 0 Å². The number of rotatable bonds is 13. The van der Waals surface area contributed by atoms with Gasteiger partial charge in [-0.3, -0.25) is 0 Å². The summed E-state index contributed by atoms with van der Waals surface area (Å²) in [6.07, 6.45) is 8.22. The molecule has 4 heterocycles. The van der Waals surface area contributed by atoms with Crippen molar-refractivity contribution >= 4 is 71.1 Å². The van der Waals surface area contributed by atoms with Gasteiger partial charge in [-0.25, -0.2) is 15.0 Å². The fourth-order valence-corrected chi connectivity index (χ4v) is 16.1. The molecule has 0 unspecified atom stereocenters. The molecular formula is C95H64N6. The summed E-state index contributed by atoms with van der Waals surface area (Å²) in [5, 5.41) is 7.10. The molecule has 1 aliphatic carbocycles. The van der Waals surface area contributed by atoms with Gasteiger partial charge in [-0.1, -0.05) is 274 Å². The van der Waals surface area contributed by atoms with Crippen LogP contribution in [0.5, 0.6) is 0 Å². The van der Waals surface area contributed by atoms with Crippen molar-refractivity contribution in [3.63, 3.8) is 0 Å². The van der Waals surface area contributed by atoms with Crippen LogP contribution in [0.15, 0.2) is 365 Å². The van der Waals surface area contributed by atoms with Gasteiger partial charge in [0.25, 0.3) is 0 Å². The Morgan fingerprint density at radius 1 is 0.307 bits per heavy atom. The normalized spacial score (nSPS) is 12.6. The molecule has 0 atom stereocenters. The minimum atomic E-state index is -0.733. The summed E-state index contributed by atoms with van der Waals surface area (Å²) in [6, 6.07) is 122. The van der Waals surface area contributed by atoms with E-state index in [0.717, 1.165) is 89.1 Å². The molecule has 0 amide bonds. The summed E-state index contributed by atoms with van der Waals surface area (Å²) in [5.41, 5.74) is 26.0. The van der Waals surface area contributed by atoms with Crippen LogP contribution in [0.4, 0.5) is 0 Å². The number of hydrogen-bond donors (Lipinski definition) is 0. The molecule has 1 aliphatic rings. The standard InChI is InChI=1S/C95H64N6/c1-3-4-10-27-62(2)99-85-43-23-21-40-78(85)80-58-67(47-53-87(80)99)68-48-55-89-82(59-68)81-57-66(63-28-11-5-12-29-63)46-54-88(81)100(89)73-49-51-76-77-52-50-74(61-84(77)95(83(76)60-73,71-36-17-8-18-37-71)72-38-19-9-20-39-72)101-86-44-24-22-41-79(86)91-75(42-26-45-90(91)101)69-34-25-35-70(56-69)94-97-92(64-30-13-6-14-31-64)96-93(98-94)65-32-15-7-16-33-65/h3-61H,2H2,1H3/b4-3-,27-10-. The molecule has 0 radical (unpaired) electrons. The fraction of sp³-hybridized carbons (Fsp3) is 0.0211. The quantitative estimate of drug-likeness (QED) is 0.108. The Kier molecular flexibility index (Phi) is 14.1. The molecule has 0 aliphatic heterocycles. The number of benzene rings is 14. The Labute approximate surface area is 585 Å². The van der Waals surface area contributed by atoms with Gasteiger partial charge < -0.3 is 13.7 Å². The highest BCUT2D eigenvalue weighted by molar-refractivity contribution is 6.17. The van der Waals surface area contributed by atoms with E-state index in [1.54, 1.807) is 0 Å². The van der Waals surface area contributed by atoms with E-state index in [4.69, 9.17) is 15.0 Å². The second-order valence-electron chi connectivity index (χ2n) is 26.2. The van der Waals surface area contributed by atoms with Crippen molar-refractivity contribution < 1.29 is 0 Å². The van der Waals surface area contributed by atoms with Crippen molar-refractivity contribution in [3.05, 3.63) is 387 Å². The maximum Gasteiger partial charge on any atom is 0.164 e. The molecule has 0 bridgehead atoms. The molecule has 0 saturated carbocycles. The van der Waals surface area contributed by atoms with Gasteiger partial charge in [0.2, 0.25) is 0 Å². The van der Waals surface area contributed by atoms with Crippen LogP contribution in [0, 0.1) is 0 Å². The molecule has 101 heavy (non-hydrogen) atoms. The van der Waals surface area contributed by atoms with Crippen molar-refractivity contribution in [1.29, 1.82) is 0 Å². The van der Waals surface area contributed by atoms with Crippen molar-refractivity contribution in [1.82, 2.24) is 28.7 Å². The van der Waals surface area contributed by atoms with Gasteiger partial charge in [-0.05, 0) is 165 Å². The molecule has 6 heteroatoms. The Morgan fingerprint density at radius 3 is 1.30 bits per heavy atom. The summed E-state index contributed by atoms with van der Waals surface area (Å²) < 4.78 is 7.26. The fourth-order valence-electron chi connectivity index (χ4n) is 16.1. The minimum Gasteiger partial charge on any atom is -0.310 e. The van der Waals surface area contributed by atoms with Gasteiger partial charge in [-0.2, -0.15) is 0 Å². The molecule has 0 saturated heterocycles. The number of fused-ring (bicyclic) bond motifs is 12. The maximum absolute atomic E-state index is 5.15. The number of nitrogens with zero attached hydrogens (tertiary/aromatic N) is 6. The molecule has 4 aromatic heterocycles. The van der Waals surface area contributed by atoms with E-state index in [1.807, 2.05) is 55.5 Å². The monoisotopic (exact) mass is 1290 g/mol. The molecule has 19 rings (SSSR count). The zero-order valence-corrected chi connectivity index (χ0v) is 55.5. The average Bonchev–Trinajstić information content (AvgIpc) is 1.55. The van der Waals surface area contributed by atoms with Gasteiger partial charge in [0.1, 0.15) is 0 Å². The summed E-state index contributed by atoms with van der Waals surface area (Å²) >= 11 is 0. The van der Waals surface area contributed by atoms with E-state index in [-0.39, 0.29) is 0 Å². The smallest absolute Gasteiger partial charge is 0.164 e. The first-order valence-electron chi connectivity index (χ1n) is 34.5. The third-order valence-corrected chi connectivity index (χ3v) is 20.6. The number of aromatic nitrogens is 6. The third-order valence-electron chi connectivity index (χ3n) is 20.6. The topological polar surface area (TPSA) is 53.5 Å². The van der Waals surface area contributed by atoms with Crippen LogP contribution in [0.3, 0.4) is 0 Å². The molecule has 0 fully saturated rings. The van der Waals surface area contributed by atoms with Gasteiger partial charge in [0.05, 0.1) is 38.5 Å². The predicted octanol–water partition coefficient (Wildman–Crippen LogP) is 24.1. The second kappa shape index (κ2) is 24.1. The summed E-state index contributed by atoms with van der Waals surface area (Å²) in [6.45, 7) is 6.57. The lowest BCUT2D eigenvalue weighted by atomic mass is 9.67. The number of allylic oxidation sites excluding steroid dienone is 5. The summed E-state index contributed by atoms with van der Waals surface area (Å²) in [4.78, 5) is 15.3. The lowest BCUT2D eigenvalue weighted by Crippen LogP contribution is -2.28. The van der Waals surface area contributed by atoms with Crippen LogP contribution in [0.1, 0.15) is 29.2 Å². The van der Waals surface area contributed by atoms with E-state index >= 15 is 0 Å². The van der Waals surface area contributed by atoms with Gasteiger partial charge in [0, 0.05) is 66.1 Å². The van der Waals surface area contributed by atoms with Gasteiger partial charge in [-0.15, -0.1) is 0 Å². The highest BCUT2D eigenvalue weighted by atomic mass is 15.0. The van der Waals surface area contributed by atoms with Crippen molar-refractivity contribution in [3.8, 4) is 90.0 Å². The van der Waals surface area contributed by atoms with Crippen LogP contribution in [0.25, 0.3) is 161 Å². The average molecular weight is 1290 g/mol. The maximum atomic E-state index is 5.15. The van der Waals surface area contributed by atoms with Crippen LogP contribution in [-0.4, -0.2) is 28.7 Å². The lowest BCUT2D eigenvalue weighted by Gasteiger charge is -2.34. The lowest BCUT2D eigenvalue weighted by molar-refractivity contribution is 0.766. The zero-order valence-electron chi connectivity index (χ0n) is 55.5. The number of hydrogen-bond acceptors (Lipinski definition) is 3. The third kappa shape index (κ3) is 9.59. The Hall–Kier alpha value is -13.3. The summed E-state index contributed by atoms with van der Waals surface area (Å²) in [7, 11) is 0. The molecule has 6 nitrogen and oxygen atoms in total. The predicted molar refractivity (Wildman–Crippen MR) is 421 cm³/mol. The Morgan fingerprint density at radius 2 is 0.723 bits per heavy atom. The Bertz CT molecular complexity index is 6300. The van der Waals surface area contributed by atoms with E-state index in [0.29, 0.717) is 17.5 Å². The van der Waals surface area contributed by atoms with E-state index in [1.165, 1.54) is 76.8 Å². The molecule has 0 spiro atoms. The number of para-hydroxylation sites is 2. The van der Waals surface area contributed by atoms with Crippen LogP contribution in [0.2, 0.25) is 0 Å². The molecule has 474 valence electrons. The first-order chi connectivity index (χ1) is 50.0. The van der Waals surface area contributed by atoms with Gasteiger partial charge in [0.15, 0.2) is 17.5 Å². The van der Waals surface area contributed by atoms with Crippen molar-refractivity contribution in [2.45, 2.75) is 12.3 Å². The van der Waals surface area contributed by atoms with Gasteiger partial charge >= 0.3 is 0 Å². The summed E-state index contributed by atoms with van der Waals surface area (Å²) in [5.74, 6) is 1.88.